The van der Waals surface area contributed by atoms with E-state index in [1.54, 1.807) is 0 Å². The minimum Gasteiger partial charge on any atom is -0.319 e. The molecule has 0 aromatic heterocycles. The molecule has 0 spiro atoms. The summed E-state index contributed by atoms with van der Waals surface area (Å²) in [4.78, 5) is 2.59. The molecule has 0 aromatic carbocycles. The molecule has 1 saturated carbocycles. The topological polar surface area (TPSA) is 15.3 Å². The lowest BCUT2D eigenvalue weighted by atomic mass is 9.73. The average Bonchev–Trinajstić information content (AvgIpc) is 2.28. The van der Waals surface area contributed by atoms with Crippen LogP contribution < -0.4 is 5.32 Å². The Morgan fingerprint density at radius 3 is 2.13 bits per heavy atom. The van der Waals surface area contributed by atoms with Crippen LogP contribution in [0.3, 0.4) is 0 Å². The van der Waals surface area contributed by atoms with Crippen molar-refractivity contribution in [2.75, 3.05) is 33.2 Å². The summed E-state index contributed by atoms with van der Waals surface area (Å²) < 4.78 is 0. The van der Waals surface area contributed by atoms with Crippen LogP contribution in [0.25, 0.3) is 0 Å². The molecule has 0 heterocycles. The van der Waals surface area contributed by atoms with E-state index in [1.165, 1.54) is 58.3 Å². The predicted octanol–water partition coefficient (Wildman–Crippen LogP) is 2.50. The first-order chi connectivity index (χ1) is 7.26. The maximum Gasteiger partial charge on any atom is 0.00499 e. The van der Waals surface area contributed by atoms with Crippen molar-refractivity contribution in [3.8, 4) is 0 Å². The van der Waals surface area contributed by atoms with E-state index < -0.39 is 0 Å². The van der Waals surface area contributed by atoms with Gasteiger partial charge in [0.25, 0.3) is 0 Å². The monoisotopic (exact) mass is 212 g/mol. The summed E-state index contributed by atoms with van der Waals surface area (Å²) in [6.07, 6.45) is 7.16. The van der Waals surface area contributed by atoms with E-state index in [0.29, 0.717) is 5.41 Å². The summed E-state index contributed by atoms with van der Waals surface area (Å²) in [6, 6.07) is 0. The van der Waals surface area contributed by atoms with Gasteiger partial charge in [-0.15, -0.1) is 0 Å². The molecule has 1 N–H and O–H groups in total. The SMILES string of the molecule is CCN(CC)CC1(CNC)CCCCC1. The van der Waals surface area contributed by atoms with Crippen molar-refractivity contribution in [1.82, 2.24) is 10.2 Å². The van der Waals surface area contributed by atoms with Crippen LogP contribution in [0.1, 0.15) is 46.0 Å². The second kappa shape index (κ2) is 6.49. The van der Waals surface area contributed by atoms with Crippen LogP contribution in [0.2, 0.25) is 0 Å². The Labute approximate surface area is 95.4 Å². The standard InChI is InChI=1S/C13H28N2/c1-4-15(5-2)12-13(11-14-3)9-7-6-8-10-13/h14H,4-12H2,1-3H3. The van der Waals surface area contributed by atoms with E-state index in [-0.39, 0.29) is 0 Å². The van der Waals surface area contributed by atoms with Crippen molar-refractivity contribution >= 4 is 0 Å². The van der Waals surface area contributed by atoms with Crippen molar-refractivity contribution in [3.63, 3.8) is 0 Å². The molecule has 0 amide bonds. The molecule has 1 rings (SSSR count). The highest BCUT2D eigenvalue weighted by molar-refractivity contribution is 4.87. The van der Waals surface area contributed by atoms with E-state index in [1.807, 2.05) is 0 Å². The summed E-state index contributed by atoms with van der Waals surface area (Å²) in [5, 5.41) is 3.41. The first-order valence-corrected chi connectivity index (χ1v) is 6.63. The minimum atomic E-state index is 0.568. The summed E-state index contributed by atoms with van der Waals surface area (Å²) in [5.41, 5.74) is 0.568. The molecule has 2 nitrogen and oxygen atoms in total. The van der Waals surface area contributed by atoms with E-state index in [4.69, 9.17) is 0 Å². The third-order valence-electron chi connectivity index (χ3n) is 3.92. The smallest absolute Gasteiger partial charge is 0.00499 e. The number of rotatable bonds is 6. The molecular formula is C13H28N2. The molecule has 1 aliphatic rings. The highest BCUT2D eigenvalue weighted by Gasteiger charge is 2.32. The van der Waals surface area contributed by atoms with Gasteiger partial charge in [0.2, 0.25) is 0 Å². The highest BCUT2D eigenvalue weighted by Crippen LogP contribution is 2.36. The fraction of sp³-hybridized carbons (Fsp3) is 1.00. The molecule has 0 unspecified atom stereocenters. The van der Waals surface area contributed by atoms with Crippen molar-refractivity contribution in [3.05, 3.63) is 0 Å². The molecule has 90 valence electrons. The zero-order valence-corrected chi connectivity index (χ0v) is 10.8. The Balaban J connectivity index is 2.54. The van der Waals surface area contributed by atoms with Gasteiger partial charge in [0.05, 0.1) is 0 Å². The van der Waals surface area contributed by atoms with Gasteiger partial charge in [-0.25, -0.2) is 0 Å². The lowest BCUT2D eigenvalue weighted by Crippen LogP contribution is -2.44. The first kappa shape index (κ1) is 13.0. The van der Waals surface area contributed by atoms with Crippen LogP contribution in [0.15, 0.2) is 0 Å². The molecule has 0 saturated heterocycles. The van der Waals surface area contributed by atoms with E-state index >= 15 is 0 Å². The van der Waals surface area contributed by atoms with E-state index in [2.05, 4.69) is 31.1 Å². The Kier molecular flexibility index (Phi) is 5.62. The third kappa shape index (κ3) is 3.76. The summed E-state index contributed by atoms with van der Waals surface area (Å²) in [7, 11) is 2.10. The summed E-state index contributed by atoms with van der Waals surface area (Å²) >= 11 is 0. The van der Waals surface area contributed by atoms with Crippen LogP contribution in [-0.2, 0) is 0 Å². The fourth-order valence-corrected chi connectivity index (χ4v) is 2.99. The first-order valence-electron chi connectivity index (χ1n) is 6.63. The fourth-order valence-electron chi connectivity index (χ4n) is 2.99. The molecule has 1 aliphatic carbocycles. The van der Waals surface area contributed by atoms with Crippen LogP contribution in [0, 0.1) is 5.41 Å². The van der Waals surface area contributed by atoms with Crippen LogP contribution in [0.4, 0.5) is 0 Å². The third-order valence-corrected chi connectivity index (χ3v) is 3.92. The average molecular weight is 212 g/mol. The van der Waals surface area contributed by atoms with Crippen molar-refractivity contribution < 1.29 is 0 Å². The van der Waals surface area contributed by atoms with Crippen LogP contribution in [-0.4, -0.2) is 38.1 Å². The van der Waals surface area contributed by atoms with Crippen molar-refractivity contribution in [2.24, 2.45) is 5.41 Å². The number of nitrogens with zero attached hydrogens (tertiary/aromatic N) is 1. The molecule has 0 bridgehead atoms. The molecular weight excluding hydrogens is 184 g/mol. The van der Waals surface area contributed by atoms with Gasteiger partial charge in [-0.05, 0) is 38.4 Å². The molecule has 0 aliphatic heterocycles. The van der Waals surface area contributed by atoms with Gasteiger partial charge >= 0.3 is 0 Å². The predicted molar refractivity (Wildman–Crippen MR) is 67.2 cm³/mol. The van der Waals surface area contributed by atoms with Crippen molar-refractivity contribution in [2.45, 2.75) is 46.0 Å². The quantitative estimate of drug-likeness (QED) is 0.728. The summed E-state index contributed by atoms with van der Waals surface area (Å²) in [6.45, 7) is 9.44. The Morgan fingerprint density at radius 2 is 1.67 bits per heavy atom. The van der Waals surface area contributed by atoms with Crippen LogP contribution >= 0.6 is 0 Å². The maximum atomic E-state index is 3.41. The highest BCUT2D eigenvalue weighted by atomic mass is 15.1. The molecule has 1 fully saturated rings. The lowest BCUT2D eigenvalue weighted by Gasteiger charge is -2.40. The lowest BCUT2D eigenvalue weighted by molar-refractivity contribution is 0.111. The van der Waals surface area contributed by atoms with Crippen LogP contribution in [0.5, 0.6) is 0 Å². The van der Waals surface area contributed by atoms with Gasteiger partial charge < -0.3 is 10.2 Å². The summed E-state index contributed by atoms with van der Waals surface area (Å²) in [5.74, 6) is 0. The Hall–Kier alpha value is -0.0800. The second-order valence-corrected chi connectivity index (χ2v) is 5.05. The number of hydrogen-bond donors (Lipinski definition) is 1. The van der Waals surface area contributed by atoms with Gasteiger partial charge in [-0.2, -0.15) is 0 Å². The minimum absolute atomic E-state index is 0.568. The van der Waals surface area contributed by atoms with Gasteiger partial charge in [0.1, 0.15) is 0 Å². The zero-order chi connectivity index (χ0) is 11.1. The number of hydrogen-bond acceptors (Lipinski definition) is 2. The van der Waals surface area contributed by atoms with Gasteiger partial charge in [-0.3, -0.25) is 0 Å². The Morgan fingerprint density at radius 1 is 1.07 bits per heavy atom. The van der Waals surface area contributed by atoms with E-state index in [9.17, 15) is 0 Å². The molecule has 2 heteroatoms. The normalized spacial score (nSPS) is 20.8. The van der Waals surface area contributed by atoms with Crippen molar-refractivity contribution in [1.29, 1.82) is 0 Å². The largest absolute Gasteiger partial charge is 0.319 e. The maximum absolute atomic E-state index is 3.41. The molecule has 0 aromatic rings. The molecule has 0 atom stereocenters. The number of nitrogens with one attached hydrogen (secondary N) is 1. The van der Waals surface area contributed by atoms with Gasteiger partial charge in [0.15, 0.2) is 0 Å². The zero-order valence-electron chi connectivity index (χ0n) is 10.8. The second-order valence-electron chi connectivity index (χ2n) is 5.05. The van der Waals surface area contributed by atoms with Gasteiger partial charge in [-0.1, -0.05) is 33.1 Å². The van der Waals surface area contributed by atoms with E-state index in [0.717, 1.165) is 0 Å². The molecule has 0 radical (unpaired) electrons. The van der Waals surface area contributed by atoms with Gasteiger partial charge in [0, 0.05) is 13.1 Å². The Bertz CT molecular complexity index is 152. The molecule has 15 heavy (non-hydrogen) atoms.